The van der Waals surface area contributed by atoms with E-state index in [1.165, 1.54) is 0 Å². The first-order chi connectivity index (χ1) is 6.16. The van der Waals surface area contributed by atoms with Crippen LogP contribution in [0, 0.1) is 0 Å². The SMILES string of the molecule is [B]c1ccc2cc(Cl)c(N)nc2c1. The predicted octanol–water partition coefficient (Wildman–Crippen LogP) is 1.26. The number of rotatable bonds is 0. The van der Waals surface area contributed by atoms with Crippen LogP contribution >= 0.6 is 11.6 Å². The highest BCUT2D eigenvalue weighted by atomic mass is 35.5. The third-order valence-corrected chi connectivity index (χ3v) is 2.13. The Morgan fingerprint density at radius 2 is 2.08 bits per heavy atom. The van der Waals surface area contributed by atoms with Crippen molar-refractivity contribution in [2.45, 2.75) is 0 Å². The zero-order valence-corrected chi connectivity index (χ0v) is 7.55. The summed E-state index contributed by atoms with van der Waals surface area (Å²) in [6.07, 6.45) is 0. The van der Waals surface area contributed by atoms with E-state index >= 15 is 0 Å². The average molecular weight is 188 g/mol. The first-order valence-corrected chi connectivity index (χ1v) is 4.16. The van der Waals surface area contributed by atoms with Crippen molar-refractivity contribution in [3.63, 3.8) is 0 Å². The van der Waals surface area contributed by atoms with Gasteiger partial charge in [-0.25, -0.2) is 4.98 Å². The van der Waals surface area contributed by atoms with Crippen LogP contribution in [0.3, 0.4) is 0 Å². The summed E-state index contributed by atoms with van der Waals surface area (Å²) in [5, 5.41) is 1.41. The number of aromatic nitrogens is 1. The maximum atomic E-state index is 5.81. The van der Waals surface area contributed by atoms with Crippen molar-refractivity contribution in [3.05, 3.63) is 29.3 Å². The van der Waals surface area contributed by atoms with Crippen LogP contribution in [-0.4, -0.2) is 12.8 Å². The Morgan fingerprint density at radius 1 is 1.31 bits per heavy atom. The van der Waals surface area contributed by atoms with E-state index in [0.717, 1.165) is 10.9 Å². The van der Waals surface area contributed by atoms with E-state index in [0.29, 0.717) is 16.3 Å². The van der Waals surface area contributed by atoms with Crippen molar-refractivity contribution in [1.29, 1.82) is 0 Å². The van der Waals surface area contributed by atoms with Crippen LogP contribution < -0.4 is 11.2 Å². The first-order valence-electron chi connectivity index (χ1n) is 3.78. The molecule has 1 heterocycles. The van der Waals surface area contributed by atoms with Gasteiger partial charge in [-0.3, -0.25) is 0 Å². The van der Waals surface area contributed by atoms with Gasteiger partial charge in [-0.1, -0.05) is 29.2 Å². The van der Waals surface area contributed by atoms with Crippen molar-refractivity contribution in [2.24, 2.45) is 0 Å². The van der Waals surface area contributed by atoms with E-state index in [9.17, 15) is 0 Å². The number of benzene rings is 1. The number of hydrogen-bond acceptors (Lipinski definition) is 2. The van der Waals surface area contributed by atoms with Gasteiger partial charge in [-0.2, -0.15) is 0 Å². The second kappa shape index (κ2) is 2.93. The summed E-state index contributed by atoms with van der Waals surface area (Å²) >= 11 is 5.81. The summed E-state index contributed by atoms with van der Waals surface area (Å²) in [7, 11) is 5.60. The molecule has 62 valence electrons. The molecule has 0 aliphatic heterocycles. The van der Waals surface area contributed by atoms with Crippen molar-refractivity contribution in [2.75, 3.05) is 5.73 Å². The molecular formula is C9H6BClN2. The normalized spacial score (nSPS) is 10.5. The molecule has 0 spiro atoms. The van der Waals surface area contributed by atoms with Crippen LogP contribution in [0.5, 0.6) is 0 Å². The van der Waals surface area contributed by atoms with Gasteiger partial charge in [0.25, 0.3) is 0 Å². The number of fused-ring (bicyclic) bond motifs is 1. The molecule has 0 fully saturated rings. The standard InChI is InChI=1S/C9H6BClN2/c10-6-2-1-5-3-7(11)9(12)13-8(5)4-6/h1-4H,(H2,12,13). The van der Waals surface area contributed by atoms with Crippen molar-refractivity contribution < 1.29 is 0 Å². The lowest BCUT2D eigenvalue weighted by Crippen LogP contribution is -2.01. The van der Waals surface area contributed by atoms with E-state index in [2.05, 4.69) is 4.98 Å². The second-order valence-corrected chi connectivity index (χ2v) is 3.21. The summed E-state index contributed by atoms with van der Waals surface area (Å²) < 4.78 is 0. The zero-order chi connectivity index (χ0) is 9.42. The van der Waals surface area contributed by atoms with Crippen LogP contribution in [0.4, 0.5) is 5.82 Å². The third-order valence-electron chi connectivity index (χ3n) is 1.82. The number of pyridine rings is 1. The number of nitrogens with two attached hydrogens (primary N) is 1. The Kier molecular flexibility index (Phi) is 1.89. The fraction of sp³-hybridized carbons (Fsp3) is 0. The zero-order valence-electron chi connectivity index (χ0n) is 6.79. The highest BCUT2D eigenvalue weighted by Crippen LogP contribution is 2.21. The summed E-state index contributed by atoms with van der Waals surface area (Å²) in [5.74, 6) is 0.333. The molecule has 2 nitrogen and oxygen atoms in total. The molecule has 2 aromatic rings. The minimum absolute atomic E-state index is 0.333. The van der Waals surface area contributed by atoms with Crippen LogP contribution in [0.1, 0.15) is 0 Å². The largest absolute Gasteiger partial charge is 0.382 e. The maximum absolute atomic E-state index is 5.81. The molecule has 0 aliphatic rings. The average Bonchev–Trinajstić information content (AvgIpc) is 2.08. The van der Waals surface area contributed by atoms with Crippen LogP contribution in [0.25, 0.3) is 10.9 Å². The molecule has 0 aliphatic carbocycles. The van der Waals surface area contributed by atoms with E-state index in [-0.39, 0.29) is 0 Å². The minimum atomic E-state index is 0.333. The van der Waals surface area contributed by atoms with Crippen molar-refractivity contribution in [1.82, 2.24) is 4.98 Å². The van der Waals surface area contributed by atoms with Gasteiger partial charge < -0.3 is 5.73 Å². The van der Waals surface area contributed by atoms with Crippen molar-refractivity contribution >= 4 is 41.6 Å². The van der Waals surface area contributed by atoms with Gasteiger partial charge in [0.15, 0.2) is 0 Å². The highest BCUT2D eigenvalue weighted by Gasteiger charge is 2.00. The Bertz CT molecular complexity index is 470. The molecule has 1 aromatic carbocycles. The highest BCUT2D eigenvalue weighted by molar-refractivity contribution is 6.34. The van der Waals surface area contributed by atoms with Gasteiger partial charge in [0.05, 0.1) is 10.5 Å². The lowest BCUT2D eigenvalue weighted by atomic mass is 9.95. The summed E-state index contributed by atoms with van der Waals surface area (Å²) in [5.41, 5.74) is 6.99. The van der Waals surface area contributed by atoms with Gasteiger partial charge >= 0.3 is 0 Å². The number of halogens is 1. The molecule has 4 heteroatoms. The third kappa shape index (κ3) is 1.47. The monoisotopic (exact) mass is 188 g/mol. The topological polar surface area (TPSA) is 38.9 Å². The molecule has 0 atom stereocenters. The Balaban J connectivity index is 2.81. The van der Waals surface area contributed by atoms with Crippen LogP contribution in [-0.2, 0) is 0 Å². The molecule has 0 saturated carbocycles. The molecule has 0 unspecified atom stereocenters. The molecular weight excluding hydrogens is 182 g/mol. The fourth-order valence-electron chi connectivity index (χ4n) is 1.17. The second-order valence-electron chi connectivity index (χ2n) is 2.81. The van der Waals surface area contributed by atoms with E-state index in [1.54, 1.807) is 18.2 Å². The quantitative estimate of drug-likeness (QED) is 0.632. The molecule has 0 saturated heterocycles. The van der Waals surface area contributed by atoms with E-state index in [4.69, 9.17) is 25.2 Å². The van der Waals surface area contributed by atoms with Gasteiger partial charge in [0.1, 0.15) is 13.7 Å². The molecule has 2 N–H and O–H groups in total. The molecule has 0 amide bonds. The van der Waals surface area contributed by atoms with Gasteiger partial charge in [-0.15, -0.1) is 0 Å². The van der Waals surface area contributed by atoms with Crippen LogP contribution in [0.2, 0.25) is 5.02 Å². The lowest BCUT2D eigenvalue weighted by Gasteiger charge is -2.01. The Labute approximate surface area is 82.1 Å². The molecule has 2 rings (SSSR count). The lowest BCUT2D eigenvalue weighted by molar-refractivity contribution is 1.42. The maximum Gasteiger partial charge on any atom is 0.142 e. The Morgan fingerprint density at radius 3 is 2.85 bits per heavy atom. The van der Waals surface area contributed by atoms with E-state index < -0.39 is 0 Å². The van der Waals surface area contributed by atoms with Crippen LogP contribution in [0.15, 0.2) is 24.3 Å². The fourth-order valence-corrected chi connectivity index (χ4v) is 1.33. The van der Waals surface area contributed by atoms with Gasteiger partial charge in [-0.05, 0) is 12.1 Å². The summed E-state index contributed by atoms with van der Waals surface area (Å²) in [6.45, 7) is 0. The number of hydrogen-bond donors (Lipinski definition) is 1. The van der Waals surface area contributed by atoms with E-state index in [1.807, 2.05) is 6.07 Å². The molecule has 0 bridgehead atoms. The van der Waals surface area contributed by atoms with Crippen molar-refractivity contribution in [3.8, 4) is 0 Å². The predicted molar refractivity (Wildman–Crippen MR) is 56.6 cm³/mol. The number of nitrogens with zero attached hydrogens (tertiary/aromatic N) is 1. The first kappa shape index (κ1) is 8.39. The molecule has 13 heavy (non-hydrogen) atoms. The molecule has 2 radical (unpaired) electrons. The number of anilines is 1. The Hall–Kier alpha value is -1.22. The smallest absolute Gasteiger partial charge is 0.142 e. The molecule has 1 aromatic heterocycles. The minimum Gasteiger partial charge on any atom is -0.382 e. The summed E-state index contributed by atoms with van der Waals surface area (Å²) in [4.78, 5) is 4.10. The van der Waals surface area contributed by atoms with Gasteiger partial charge in [0, 0.05) is 5.39 Å². The van der Waals surface area contributed by atoms with Gasteiger partial charge in [0.2, 0.25) is 0 Å². The summed E-state index contributed by atoms with van der Waals surface area (Å²) in [6, 6.07) is 7.21. The number of nitrogen functional groups attached to an aromatic ring is 1.